The van der Waals surface area contributed by atoms with E-state index in [9.17, 15) is 0 Å². The van der Waals surface area contributed by atoms with Crippen LogP contribution in [0.4, 0.5) is 0 Å². The first-order valence-electron chi connectivity index (χ1n) is 10.5. The molecule has 0 bridgehead atoms. The number of rotatable bonds is 8. The molecule has 6 nitrogen and oxygen atoms in total. The number of nitrogens with zero attached hydrogens (tertiary/aromatic N) is 3. The minimum Gasteiger partial charge on any atom is -0.379 e. The molecule has 2 N–H and O–H groups in total. The molecule has 1 aromatic carbocycles. The molecule has 1 aromatic heterocycles. The molecule has 30 heavy (non-hydrogen) atoms. The van der Waals surface area contributed by atoms with Crippen molar-refractivity contribution in [2.45, 2.75) is 33.2 Å². The van der Waals surface area contributed by atoms with Crippen LogP contribution in [0.15, 0.2) is 35.5 Å². The molecule has 3 rings (SSSR count). The third-order valence-corrected chi connectivity index (χ3v) is 5.99. The van der Waals surface area contributed by atoms with Gasteiger partial charge in [0.25, 0.3) is 0 Å². The van der Waals surface area contributed by atoms with Crippen molar-refractivity contribution in [3.8, 4) is 0 Å². The number of nitrogens with one attached hydrogen (secondary N) is 2. The van der Waals surface area contributed by atoms with Crippen molar-refractivity contribution in [1.82, 2.24) is 20.5 Å². The van der Waals surface area contributed by atoms with Crippen molar-refractivity contribution in [2.75, 3.05) is 45.9 Å². The summed E-state index contributed by atoms with van der Waals surface area (Å²) in [6.45, 7) is 12.2. The minimum absolute atomic E-state index is 0. The van der Waals surface area contributed by atoms with Gasteiger partial charge in [-0.2, -0.15) is 0 Å². The van der Waals surface area contributed by atoms with E-state index in [1.165, 1.54) is 16.0 Å². The van der Waals surface area contributed by atoms with Crippen LogP contribution in [0.5, 0.6) is 0 Å². The van der Waals surface area contributed by atoms with Gasteiger partial charge >= 0.3 is 0 Å². The van der Waals surface area contributed by atoms with Crippen LogP contribution in [0.2, 0.25) is 0 Å². The molecule has 0 saturated carbocycles. The molecule has 1 saturated heterocycles. The standard InChI is InChI=1S/C22H33N5OS.HI/c1-4-23-22(24-10-9-21-25-15-18(3)29-21)26-16-20(27-11-13-28-14-12-27)19-7-5-17(2)6-8-19;/h5-8,15,20H,4,9-14,16H2,1-3H3,(H2,23,24,26);1H. The van der Waals surface area contributed by atoms with Crippen LogP contribution in [0.1, 0.15) is 34.0 Å². The Bertz CT molecular complexity index is 774. The van der Waals surface area contributed by atoms with E-state index in [2.05, 4.69) is 65.6 Å². The van der Waals surface area contributed by atoms with Crippen LogP contribution < -0.4 is 10.6 Å². The largest absolute Gasteiger partial charge is 0.379 e. The summed E-state index contributed by atoms with van der Waals surface area (Å²) in [6, 6.07) is 9.10. The van der Waals surface area contributed by atoms with Crippen molar-refractivity contribution in [3.05, 3.63) is 51.5 Å². The predicted octanol–water partition coefficient (Wildman–Crippen LogP) is 3.55. The van der Waals surface area contributed by atoms with E-state index in [-0.39, 0.29) is 30.0 Å². The number of thiazole rings is 1. The molecule has 166 valence electrons. The van der Waals surface area contributed by atoms with Gasteiger partial charge in [0.2, 0.25) is 0 Å². The van der Waals surface area contributed by atoms with Gasteiger partial charge in [-0.15, -0.1) is 35.3 Å². The fourth-order valence-electron chi connectivity index (χ4n) is 3.43. The summed E-state index contributed by atoms with van der Waals surface area (Å²) in [5.74, 6) is 0.867. The number of hydrogen-bond donors (Lipinski definition) is 2. The van der Waals surface area contributed by atoms with Gasteiger partial charge in [0.05, 0.1) is 30.8 Å². The maximum atomic E-state index is 5.56. The zero-order valence-electron chi connectivity index (χ0n) is 18.2. The zero-order valence-corrected chi connectivity index (χ0v) is 21.3. The molecule has 1 aliphatic heterocycles. The number of ether oxygens (including phenoxy) is 1. The number of aliphatic imine (C=N–C) groups is 1. The topological polar surface area (TPSA) is 61.8 Å². The number of benzene rings is 1. The normalized spacial score (nSPS) is 16.0. The number of aromatic nitrogens is 1. The summed E-state index contributed by atoms with van der Waals surface area (Å²) in [7, 11) is 0. The van der Waals surface area contributed by atoms with Crippen LogP contribution in [0.25, 0.3) is 0 Å². The molecular weight excluding hydrogens is 509 g/mol. The quantitative estimate of drug-likeness (QED) is 0.303. The Morgan fingerprint density at radius 3 is 2.57 bits per heavy atom. The lowest BCUT2D eigenvalue weighted by Gasteiger charge is -2.34. The lowest BCUT2D eigenvalue weighted by atomic mass is 10.0. The average molecular weight is 544 g/mol. The van der Waals surface area contributed by atoms with E-state index in [1.54, 1.807) is 11.3 Å². The van der Waals surface area contributed by atoms with Crippen LogP contribution >= 0.6 is 35.3 Å². The highest BCUT2D eigenvalue weighted by molar-refractivity contribution is 14.0. The summed E-state index contributed by atoms with van der Waals surface area (Å²) in [6.07, 6.45) is 2.85. The van der Waals surface area contributed by atoms with Gasteiger partial charge in [-0.05, 0) is 26.3 Å². The van der Waals surface area contributed by atoms with Crippen molar-refractivity contribution < 1.29 is 4.74 Å². The van der Waals surface area contributed by atoms with Crippen LogP contribution in [0, 0.1) is 13.8 Å². The van der Waals surface area contributed by atoms with Gasteiger partial charge in [-0.25, -0.2) is 4.98 Å². The molecule has 1 unspecified atom stereocenters. The summed E-state index contributed by atoms with van der Waals surface area (Å²) in [4.78, 5) is 13.1. The maximum Gasteiger partial charge on any atom is 0.191 e. The van der Waals surface area contributed by atoms with Gasteiger partial charge < -0.3 is 15.4 Å². The molecule has 1 fully saturated rings. The monoisotopic (exact) mass is 543 g/mol. The Morgan fingerprint density at radius 2 is 1.93 bits per heavy atom. The van der Waals surface area contributed by atoms with Crippen molar-refractivity contribution in [1.29, 1.82) is 0 Å². The summed E-state index contributed by atoms with van der Waals surface area (Å²) < 4.78 is 5.56. The molecule has 8 heteroatoms. The Balaban J connectivity index is 0.00000320. The molecule has 0 spiro atoms. The molecule has 2 heterocycles. The lowest BCUT2D eigenvalue weighted by molar-refractivity contribution is 0.0179. The van der Waals surface area contributed by atoms with Gasteiger partial charge in [0, 0.05) is 43.7 Å². The van der Waals surface area contributed by atoms with Gasteiger partial charge in [-0.3, -0.25) is 9.89 Å². The molecule has 0 aliphatic carbocycles. The molecule has 1 aliphatic rings. The minimum atomic E-state index is 0. The third-order valence-electron chi connectivity index (χ3n) is 5.02. The highest BCUT2D eigenvalue weighted by Gasteiger charge is 2.22. The second-order valence-electron chi connectivity index (χ2n) is 7.34. The molecular formula is C22H34IN5OS. The van der Waals surface area contributed by atoms with E-state index in [0.29, 0.717) is 0 Å². The smallest absolute Gasteiger partial charge is 0.191 e. The Hall–Kier alpha value is -1.23. The fourth-order valence-corrected chi connectivity index (χ4v) is 4.22. The number of guanidine groups is 1. The number of halogens is 1. The van der Waals surface area contributed by atoms with E-state index < -0.39 is 0 Å². The van der Waals surface area contributed by atoms with E-state index in [4.69, 9.17) is 9.73 Å². The van der Waals surface area contributed by atoms with E-state index >= 15 is 0 Å². The van der Waals surface area contributed by atoms with E-state index in [1.807, 2.05) is 6.20 Å². The molecule has 0 amide bonds. The second-order valence-corrected chi connectivity index (χ2v) is 8.66. The highest BCUT2D eigenvalue weighted by atomic mass is 127. The van der Waals surface area contributed by atoms with Gasteiger partial charge in [0.1, 0.15) is 0 Å². The molecule has 1 atom stereocenters. The highest BCUT2D eigenvalue weighted by Crippen LogP contribution is 2.23. The summed E-state index contributed by atoms with van der Waals surface area (Å²) in [5, 5.41) is 7.99. The Labute approximate surface area is 201 Å². The SMILES string of the molecule is CCNC(=NCC(c1ccc(C)cc1)N1CCOCC1)NCCc1ncc(C)s1.I. The van der Waals surface area contributed by atoms with Crippen molar-refractivity contribution in [3.63, 3.8) is 0 Å². The number of aryl methyl sites for hydroxylation is 2. The van der Waals surface area contributed by atoms with Crippen LogP contribution in [-0.4, -0.2) is 61.8 Å². The first-order valence-corrected chi connectivity index (χ1v) is 11.3. The summed E-state index contributed by atoms with van der Waals surface area (Å²) in [5.41, 5.74) is 2.60. The first kappa shape index (κ1) is 25.0. The Kier molecular flexibility index (Phi) is 11.0. The number of morpholine rings is 1. The van der Waals surface area contributed by atoms with Crippen LogP contribution in [-0.2, 0) is 11.2 Å². The lowest BCUT2D eigenvalue weighted by Crippen LogP contribution is -2.42. The van der Waals surface area contributed by atoms with Crippen molar-refractivity contribution in [2.24, 2.45) is 4.99 Å². The molecule has 2 aromatic rings. The van der Waals surface area contributed by atoms with Gasteiger partial charge in [0.15, 0.2) is 5.96 Å². The fraction of sp³-hybridized carbons (Fsp3) is 0.545. The maximum absolute atomic E-state index is 5.56. The predicted molar refractivity (Wildman–Crippen MR) is 136 cm³/mol. The second kappa shape index (κ2) is 13.2. The molecule has 0 radical (unpaired) electrons. The van der Waals surface area contributed by atoms with Gasteiger partial charge in [-0.1, -0.05) is 29.8 Å². The zero-order chi connectivity index (χ0) is 20.5. The van der Waals surface area contributed by atoms with E-state index in [0.717, 1.165) is 63.3 Å². The number of hydrogen-bond acceptors (Lipinski definition) is 5. The third kappa shape index (κ3) is 7.79. The average Bonchev–Trinajstić information content (AvgIpc) is 3.15. The summed E-state index contributed by atoms with van der Waals surface area (Å²) >= 11 is 1.76. The first-order chi connectivity index (χ1) is 14.2. The van der Waals surface area contributed by atoms with Crippen LogP contribution in [0.3, 0.4) is 0 Å². The Morgan fingerprint density at radius 1 is 1.20 bits per heavy atom. The van der Waals surface area contributed by atoms with Crippen molar-refractivity contribution >= 4 is 41.3 Å².